The molecule has 2 aliphatic rings. The van der Waals surface area contributed by atoms with Crippen molar-refractivity contribution in [3.8, 4) is 0 Å². The average molecular weight is 459 g/mol. The second-order valence-electron chi connectivity index (χ2n) is 10.1. The third-order valence-electron chi connectivity index (χ3n) is 6.93. The normalized spacial score (nSPS) is 17.4. The number of nitrogens with two attached hydrogens (primary N) is 1. The number of carbonyl (C=O) groups excluding carboxylic acids is 3. The molecule has 1 aromatic heterocycles. The maximum Gasteiger partial charge on any atom is 0.263 e. The Morgan fingerprint density at radius 3 is 2.33 bits per heavy atom. The third-order valence-corrected chi connectivity index (χ3v) is 6.93. The van der Waals surface area contributed by atoms with Crippen LogP contribution in [-0.4, -0.2) is 34.4 Å². The highest BCUT2D eigenvalue weighted by Crippen LogP contribution is 2.27. The van der Waals surface area contributed by atoms with Crippen LogP contribution in [0.1, 0.15) is 93.3 Å². The fourth-order valence-electron chi connectivity index (χ4n) is 5.01. The molecule has 2 aliphatic carbocycles. The molecule has 0 unspecified atom stereocenters. The zero-order valence-electron chi connectivity index (χ0n) is 20.0. The molecule has 0 bridgehead atoms. The minimum atomic E-state index is -1.31. The molecule has 1 fully saturated rings. The lowest BCUT2D eigenvalue weighted by molar-refractivity contribution is -0.128. The van der Waals surface area contributed by atoms with Crippen LogP contribution in [0, 0.1) is 5.92 Å². The first-order valence-electron chi connectivity index (χ1n) is 12.3. The highest BCUT2D eigenvalue weighted by atomic mass is 16.2. The van der Waals surface area contributed by atoms with E-state index < -0.39 is 23.3 Å². The van der Waals surface area contributed by atoms with E-state index in [4.69, 9.17) is 5.73 Å². The molecule has 182 valence electrons. The Morgan fingerprint density at radius 1 is 1.03 bits per heavy atom. The number of rotatable bonds is 7. The van der Waals surface area contributed by atoms with Gasteiger partial charge in [0.1, 0.15) is 11.1 Å². The number of hydrogen-bond donors (Lipinski definition) is 3. The Hall–Kier alpha value is -2.64. The Bertz CT molecular complexity index is 944. The predicted octanol–water partition coefficient (Wildman–Crippen LogP) is 2.20. The molecule has 1 saturated carbocycles. The number of aromatic nitrogens is 1. The number of amides is 3. The number of fused-ring (bicyclic) bond motifs is 1. The Morgan fingerprint density at radius 2 is 1.67 bits per heavy atom. The Labute approximate surface area is 195 Å². The van der Waals surface area contributed by atoms with Crippen LogP contribution >= 0.6 is 0 Å². The molecule has 0 aromatic carbocycles. The van der Waals surface area contributed by atoms with E-state index in [1.807, 2.05) is 4.57 Å². The third kappa shape index (κ3) is 6.45. The molecule has 0 atom stereocenters. The van der Waals surface area contributed by atoms with Crippen molar-refractivity contribution in [2.75, 3.05) is 6.54 Å². The van der Waals surface area contributed by atoms with Crippen LogP contribution in [0.2, 0.25) is 0 Å². The first-order valence-corrected chi connectivity index (χ1v) is 12.3. The molecule has 0 saturated heterocycles. The van der Waals surface area contributed by atoms with Gasteiger partial charge in [-0.05, 0) is 69.9 Å². The molecule has 1 heterocycles. The van der Waals surface area contributed by atoms with Gasteiger partial charge in [-0.1, -0.05) is 32.1 Å². The van der Waals surface area contributed by atoms with Crippen LogP contribution in [0.4, 0.5) is 0 Å². The number of carbonyl (C=O) groups is 3. The van der Waals surface area contributed by atoms with Gasteiger partial charge >= 0.3 is 0 Å². The smallest absolute Gasteiger partial charge is 0.263 e. The summed E-state index contributed by atoms with van der Waals surface area (Å²) < 4.78 is 1.87. The SMILES string of the molecule is CC(C)(NC(=O)c1cc2c(n(CC3CCCCC3)c1=O)CCCCCC2)C(=O)NCC(N)=O. The maximum atomic E-state index is 13.6. The van der Waals surface area contributed by atoms with Gasteiger partial charge in [0.25, 0.3) is 11.5 Å². The van der Waals surface area contributed by atoms with Crippen LogP contribution in [0.15, 0.2) is 10.9 Å². The van der Waals surface area contributed by atoms with Crippen molar-refractivity contribution < 1.29 is 14.4 Å². The van der Waals surface area contributed by atoms with E-state index in [-0.39, 0.29) is 17.7 Å². The maximum absolute atomic E-state index is 13.6. The number of pyridine rings is 1. The second-order valence-corrected chi connectivity index (χ2v) is 10.1. The van der Waals surface area contributed by atoms with Crippen molar-refractivity contribution in [2.45, 2.75) is 96.6 Å². The fraction of sp³-hybridized carbons (Fsp3) is 0.680. The summed E-state index contributed by atoms with van der Waals surface area (Å²) in [6.07, 6.45) is 12.0. The number of nitrogens with zero attached hydrogens (tertiary/aromatic N) is 1. The van der Waals surface area contributed by atoms with Crippen LogP contribution < -0.4 is 21.9 Å². The first-order chi connectivity index (χ1) is 15.7. The zero-order chi connectivity index (χ0) is 24.0. The van der Waals surface area contributed by atoms with Gasteiger partial charge in [-0.2, -0.15) is 0 Å². The monoisotopic (exact) mass is 458 g/mol. The zero-order valence-corrected chi connectivity index (χ0v) is 20.0. The van der Waals surface area contributed by atoms with Crippen LogP contribution in [0.3, 0.4) is 0 Å². The van der Waals surface area contributed by atoms with Gasteiger partial charge in [0.2, 0.25) is 11.8 Å². The average Bonchev–Trinajstić information content (AvgIpc) is 2.75. The van der Waals surface area contributed by atoms with Crippen LogP contribution in [-0.2, 0) is 29.0 Å². The molecule has 8 heteroatoms. The standard InChI is InChI=1S/C25H38N4O4/c1-25(2,24(33)27-15-21(26)30)28-22(31)19-14-18-12-8-3-4-9-13-20(18)29(23(19)32)16-17-10-6-5-7-11-17/h14,17H,3-13,15-16H2,1-2H3,(H2,26,30)(H,27,33)(H,28,31). The highest BCUT2D eigenvalue weighted by molar-refractivity contribution is 5.99. The summed E-state index contributed by atoms with van der Waals surface area (Å²) >= 11 is 0. The van der Waals surface area contributed by atoms with E-state index in [1.54, 1.807) is 6.07 Å². The molecule has 0 aliphatic heterocycles. The van der Waals surface area contributed by atoms with Crippen molar-refractivity contribution in [1.82, 2.24) is 15.2 Å². The Kier molecular flexibility index (Phi) is 8.32. The van der Waals surface area contributed by atoms with Crippen molar-refractivity contribution >= 4 is 17.7 Å². The molecule has 3 amide bonds. The van der Waals surface area contributed by atoms with Gasteiger partial charge in [-0.25, -0.2) is 0 Å². The quantitative estimate of drug-likeness (QED) is 0.579. The van der Waals surface area contributed by atoms with Gasteiger partial charge in [0, 0.05) is 12.2 Å². The molecule has 4 N–H and O–H groups in total. The van der Waals surface area contributed by atoms with Crippen LogP contribution in [0.25, 0.3) is 0 Å². The number of aryl methyl sites for hydroxylation is 1. The van der Waals surface area contributed by atoms with E-state index in [1.165, 1.54) is 33.1 Å². The molecule has 3 rings (SSSR count). The van der Waals surface area contributed by atoms with E-state index in [2.05, 4.69) is 10.6 Å². The van der Waals surface area contributed by atoms with E-state index >= 15 is 0 Å². The molecule has 0 spiro atoms. The Balaban J connectivity index is 1.91. The molecule has 1 aromatic rings. The largest absolute Gasteiger partial charge is 0.368 e. The number of hydrogen-bond acceptors (Lipinski definition) is 4. The summed E-state index contributed by atoms with van der Waals surface area (Å²) in [4.78, 5) is 50.2. The summed E-state index contributed by atoms with van der Waals surface area (Å²) in [7, 11) is 0. The molecule has 0 radical (unpaired) electrons. The van der Waals surface area contributed by atoms with Gasteiger partial charge < -0.3 is 20.9 Å². The van der Waals surface area contributed by atoms with Crippen LogP contribution in [0.5, 0.6) is 0 Å². The van der Waals surface area contributed by atoms with Crippen molar-refractivity contribution in [2.24, 2.45) is 11.7 Å². The van der Waals surface area contributed by atoms with Gasteiger partial charge in [-0.15, -0.1) is 0 Å². The van der Waals surface area contributed by atoms with Gasteiger partial charge in [-0.3, -0.25) is 19.2 Å². The van der Waals surface area contributed by atoms with Crippen molar-refractivity contribution in [3.63, 3.8) is 0 Å². The topological polar surface area (TPSA) is 123 Å². The first kappa shape index (κ1) is 25.0. The molecular weight excluding hydrogens is 420 g/mol. The highest BCUT2D eigenvalue weighted by Gasteiger charge is 2.32. The summed E-state index contributed by atoms with van der Waals surface area (Å²) in [6.45, 7) is 3.42. The van der Waals surface area contributed by atoms with E-state index in [9.17, 15) is 19.2 Å². The minimum absolute atomic E-state index is 0.0842. The lowest BCUT2D eigenvalue weighted by Gasteiger charge is -2.28. The fourth-order valence-corrected chi connectivity index (χ4v) is 5.01. The lowest BCUT2D eigenvalue weighted by Crippen LogP contribution is -2.56. The van der Waals surface area contributed by atoms with Gasteiger partial charge in [0.15, 0.2) is 0 Å². The van der Waals surface area contributed by atoms with Crippen molar-refractivity contribution in [3.05, 3.63) is 33.2 Å². The van der Waals surface area contributed by atoms with Gasteiger partial charge in [0.05, 0.1) is 6.54 Å². The second kappa shape index (κ2) is 11.0. The number of nitrogens with one attached hydrogen (secondary N) is 2. The van der Waals surface area contributed by atoms with E-state index in [0.717, 1.165) is 62.6 Å². The lowest BCUT2D eigenvalue weighted by atomic mass is 9.88. The molecule has 33 heavy (non-hydrogen) atoms. The predicted molar refractivity (Wildman–Crippen MR) is 127 cm³/mol. The van der Waals surface area contributed by atoms with Crippen molar-refractivity contribution in [1.29, 1.82) is 0 Å². The summed E-state index contributed by atoms with van der Waals surface area (Å²) in [5.74, 6) is -1.32. The molecule has 8 nitrogen and oxygen atoms in total. The summed E-state index contributed by atoms with van der Waals surface area (Å²) in [6, 6.07) is 1.74. The van der Waals surface area contributed by atoms with E-state index in [0.29, 0.717) is 12.5 Å². The minimum Gasteiger partial charge on any atom is -0.368 e. The summed E-state index contributed by atoms with van der Waals surface area (Å²) in [5, 5.41) is 5.10. The summed E-state index contributed by atoms with van der Waals surface area (Å²) in [5.41, 5.74) is 5.76. The number of primary amides is 1. The molecular formula is C25H38N4O4.